The average Bonchev–Trinajstić information content (AvgIpc) is 2.66. The Morgan fingerprint density at radius 2 is 2.04 bits per heavy atom. The molecule has 2 rings (SSSR count). The quantitative estimate of drug-likeness (QED) is 0.729. The van der Waals surface area contributed by atoms with E-state index in [4.69, 9.17) is 10.5 Å². The van der Waals surface area contributed by atoms with Crippen LogP contribution in [0.4, 0.5) is 4.39 Å². The fourth-order valence-electron chi connectivity index (χ4n) is 3.06. The zero-order valence-electron chi connectivity index (χ0n) is 15.9. The van der Waals surface area contributed by atoms with Crippen LogP contribution < -0.4 is 11.1 Å². The van der Waals surface area contributed by atoms with Gasteiger partial charge < -0.3 is 20.7 Å². The number of rotatable bonds is 7. The highest BCUT2D eigenvalue weighted by Crippen LogP contribution is 2.19. The zero-order valence-corrected chi connectivity index (χ0v) is 16.7. The fourth-order valence-corrected chi connectivity index (χ4v) is 3.06. The Hall–Kier alpha value is -1.70. The van der Waals surface area contributed by atoms with Crippen molar-refractivity contribution in [2.45, 2.75) is 38.8 Å². The number of hydrogen-bond donors (Lipinski definition) is 2. The third-order valence-electron chi connectivity index (χ3n) is 4.92. The molecule has 1 unspecified atom stereocenters. The van der Waals surface area contributed by atoms with Gasteiger partial charge in [-0.25, -0.2) is 4.39 Å². The number of methoxy groups -OCH3 is 1. The summed E-state index contributed by atoms with van der Waals surface area (Å²) >= 11 is 0. The second-order valence-corrected chi connectivity index (χ2v) is 6.75. The number of amides is 2. The van der Waals surface area contributed by atoms with Crippen LogP contribution in [0.1, 0.15) is 30.4 Å². The van der Waals surface area contributed by atoms with Crippen LogP contribution in [0.5, 0.6) is 0 Å². The van der Waals surface area contributed by atoms with E-state index in [1.165, 1.54) is 6.07 Å². The van der Waals surface area contributed by atoms with E-state index in [1.807, 2.05) is 6.07 Å². The van der Waals surface area contributed by atoms with Crippen LogP contribution in [0.2, 0.25) is 0 Å². The van der Waals surface area contributed by atoms with Crippen LogP contribution in [0.3, 0.4) is 0 Å². The van der Waals surface area contributed by atoms with Gasteiger partial charge in [0.1, 0.15) is 5.82 Å². The maximum atomic E-state index is 13.6. The van der Waals surface area contributed by atoms with Crippen molar-refractivity contribution in [1.82, 2.24) is 10.2 Å². The lowest BCUT2D eigenvalue weighted by Crippen LogP contribution is -2.44. The van der Waals surface area contributed by atoms with E-state index in [-0.39, 0.29) is 48.5 Å². The number of nitrogens with one attached hydrogen (secondary N) is 1. The average molecular weight is 402 g/mol. The highest BCUT2D eigenvalue weighted by molar-refractivity contribution is 5.85. The molecular formula is C19H29ClFN3O3. The molecule has 0 radical (unpaired) electrons. The van der Waals surface area contributed by atoms with Crippen molar-refractivity contribution in [3.05, 3.63) is 35.1 Å². The second kappa shape index (κ2) is 11.2. The number of likely N-dealkylation sites (tertiary alicyclic amines) is 1. The molecule has 0 spiro atoms. The molecule has 0 saturated carbocycles. The first kappa shape index (κ1) is 23.3. The summed E-state index contributed by atoms with van der Waals surface area (Å²) < 4.78 is 18.7. The SMILES string of the molecule is COC(CN)CC(=O)N1CCC(C(=O)NCc2ccc(C)c(F)c2)CC1.Cl. The van der Waals surface area contributed by atoms with Gasteiger partial charge in [-0.05, 0) is 37.0 Å². The van der Waals surface area contributed by atoms with Crippen LogP contribution in [0.25, 0.3) is 0 Å². The minimum Gasteiger partial charge on any atom is -0.380 e. The second-order valence-electron chi connectivity index (χ2n) is 6.75. The molecule has 0 aromatic heterocycles. The van der Waals surface area contributed by atoms with E-state index in [1.54, 1.807) is 25.0 Å². The molecule has 0 bridgehead atoms. The van der Waals surface area contributed by atoms with Gasteiger partial charge in [0.2, 0.25) is 11.8 Å². The number of benzene rings is 1. The van der Waals surface area contributed by atoms with Crippen LogP contribution in [0, 0.1) is 18.7 Å². The molecule has 1 aromatic carbocycles. The molecular weight excluding hydrogens is 373 g/mol. The number of piperidine rings is 1. The Bertz CT molecular complexity index is 633. The molecule has 0 aliphatic carbocycles. The van der Waals surface area contributed by atoms with Gasteiger partial charge in [-0.1, -0.05) is 12.1 Å². The fraction of sp³-hybridized carbons (Fsp3) is 0.579. The number of hydrogen-bond acceptors (Lipinski definition) is 4. The summed E-state index contributed by atoms with van der Waals surface area (Å²) in [4.78, 5) is 26.3. The highest BCUT2D eigenvalue weighted by atomic mass is 35.5. The number of nitrogens with two attached hydrogens (primary N) is 1. The Morgan fingerprint density at radius 3 is 2.59 bits per heavy atom. The lowest BCUT2D eigenvalue weighted by Gasteiger charge is -2.32. The third-order valence-corrected chi connectivity index (χ3v) is 4.92. The number of ether oxygens (including phenoxy) is 1. The van der Waals surface area contributed by atoms with Gasteiger partial charge in [-0.2, -0.15) is 0 Å². The van der Waals surface area contributed by atoms with Crippen molar-refractivity contribution < 1.29 is 18.7 Å². The third kappa shape index (κ3) is 6.75. The van der Waals surface area contributed by atoms with Crippen molar-refractivity contribution in [3.8, 4) is 0 Å². The Balaban J connectivity index is 0.00000364. The standard InChI is InChI=1S/C19H28FN3O3.ClH/c1-13-3-4-14(9-17(13)20)12-22-19(25)15-5-7-23(8-6-15)18(24)10-16(11-21)26-2;/h3-4,9,15-16H,5-8,10-12,21H2,1-2H3,(H,22,25);1H. The maximum absolute atomic E-state index is 13.6. The first-order chi connectivity index (χ1) is 12.4. The van der Waals surface area contributed by atoms with Crippen molar-refractivity contribution in [1.29, 1.82) is 0 Å². The van der Waals surface area contributed by atoms with Crippen LogP contribution in [-0.2, 0) is 20.9 Å². The molecule has 1 saturated heterocycles. The van der Waals surface area contributed by atoms with Crippen molar-refractivity contribution >= 4 is 24.2 Å². The summed E-state index contributed by atoms with van der Waals surface area (Å²) in [6.45, 7) is 3.42. The molecule has 1 fully saturated rings. The Morgan fingerprint density at radius 1 is 1.37 bits per heavy atom. The number of nitrogens with zero attached hydrogens (tertiary/aromatic N) is 1. The molecule has 1 heterocycles. The molecule has 1 aliphatic heterocycles. The Labute approximate surface area is 166 Å². The summed E-state index contributed by atoms with van der Waals surface area (Å²) in [5, 5.41) is 2.86. The van der Waals surface area contributed by atoms with E-state index >= 15 is 0 Å². The summed E-state index contributed by atoms with van der Waals surface area (Å²) in [5.41, 5.74) is 6.87. The molecule has 8 heteroatoms. The van der Waals surface area contributed by atoms with E-state index in [0.29, 0.717) is 44.6 Å². The van der Waals surface area contributed by atoms with Crippen molar-refractivity contribution in [3.63, 3.8) is 0 Å². The molecule has 152 valence electrons. The summed E-state index contributed by atoms with van der Waals surface area (Å²) in [5.74, 6) is -0.427. The van der Waals surface area contributed by atoms with E-state index in [9.17, 15) is 14.0 Å². The predicted octanol–water partition coefficient (Wildman–Crippen LogP) is 1.77. The summed E-state index contributed by atoms with van der Waals surface area (Å²) in [6.07, 6.45) is 1.25. The van der Waals surface area contributed by atoms with Crippen molar-refractivity contribution in [2.75, 3.05) is 26.7 Å². The van der Waals surface area contributed by atoms with Gasteiger partial charge in [0.15, 0.2) is 0 Å². The largest absolute Gasteiger partial charge is 0.380 e. The normalized spacial score (nSPS) is 15.8. The smallest absolute Gasteiger partial charge is 0.225 e. The topological polar surface area (TPSA) is 84.7 Å². The lowest BCUT2D eigenvalue weighted by molar-refractivity contribution is -0.137. The molecule has 1 aromatic rings. The number of carbonyl (C=O) groups excluding carboxylic acids is 2. The minimum absolute atomic E-state index is 0. The monoisotopic (exact) mass is 401 g/mol. The van der Waals surface area contributed by atoms with Gasteiger partial charge >= 0.3 is 0 Å². The van der Waals surface area contributed by atoms with Crippen LogP contribution in [0.15, 0.2) is 18.2 Å². The van der Waals surface area contributed by atoms with E-state index in [0.717, 1.165) is 5.56 Å². The van der Waals surface area contributed by atoms with E-state index in [2.05, 4.69) is 5.32 Å². The van der Waals surface area contributed by atoms with Gasteiger partial charge in [0.05, 0.1) is 12.5 Å². The molecule has 6 nitrogen and oxygen atoms in total. The maximum Gasteiger partial charge on any atom is 0.225 e. The summed E-state index contributed by atoms with van der Waals surface area (Å²) in [7, 11) is 1.54. The minimum atomic E-state index is -0.268. The highest BCUT2D eigenvalue weighted by Gasteiger charge is 2.28. The van der Waals surface area contributed by atoms with Crippen LogP contribution in [-0.4, -0.2) is 49.6 Å². The lowest BCUT2D eigenvalue weighted by atomic mass is 9.95. The van der Waals surface area contributed by atoms with E-state index < -0.39 is 0 Å². The van der Waals surface area contributed by atoms with Crippen LogP contribution >= 0.6 is 12.4 Å². The zero-order chi connectivity index (χ0) is 19.1. The van der Waals surface area contributed by atoms with Gasteiger partial charge in [-0.15, -0.1) is 12.4 Å². The first-order valence-corrected chi connectivity index (χ1v) is 8.98. The van der Waals surface area contributed by atoms with Crippen molar-refractivity contribution in [2.24, 2.45) is 11.7 Å². The molecule has 27 heavy (non-hydrogen) atoms. The number of carbonyl (C=O) groups is 2. The molecule has 3 N–H and O–H groups in total. The molecule has 1 aliphatic rings. The summed E-state index contributed by atoms with van der Waals surface area (Å²) in [6, 6.07) is 4.96. The Kier molecular flexibility index (Phi) is 9.69. The van der Waals surface area contributed by atoms with Gasteiger partial charge in [0, 0.05) is 39.2 Å². The molecule has 2 amide bonds. The number of aryl methyl sites for hydroxylation is 1. The molecule has 1 atom stereocenters. The first-order valence-electron chi connectivity index (χ1n) is 8.98. The van der Waals surface area contributed by atoms with Gasteiger partial charge in [-0.3, -0.25) is 9.59 Å². The number of halogens is 2. The predicted molar refractivity (Wildman–Crippen MR) is 104 cm³/mol. The van der Waals surface area contributed by atoms with Gasteiger partial charge in [0.25, 0.3) is 0 Å².